The van der Waals surface area contributed by atoms with E-state index in [1.54, 1.807) is 0 Å². The number of thioether (sulfide) groups is 1. The molecule has 0 aliphatic carbocycles. The number of hydrogen-bond donors (Lipinski definition) is 5. The lowest BCUT2D eigenvalue weighted by atomic mass is 9.87. The Morgan fingerprint density at radius 3 is 1.74 bits per heavy atom. The van der Waals surface area contributed by atoms with Gasteiger partial charge in [0.25, 0.3) is 15.6 Å². The Morgan fingerprint density at radius 1 is 0.732 bits per heavy atom. The SMILES string of the molecule is CCCCCCCCCCCCCCCCCCCCCCCCCCCCCC(=O)CC(=O)SCCNC(=O)CCNC(=O)[C@H](O)C(C)(C)COP(=O)([O-])OP(=O)([O-])OC[C@H]1O[C@@H](n2cnc3c(N)ncnc32)[C@H](O)[C@@H]1OP(=O)([O-])[O-]. The van der Waals surface area contributed by atoms with E-state index < -0.39 is 84.6 Å². The molecule has 82 heavy (non-hydrogen) atoms. The normalized spacial score (nSPS) is 18.5. The quantitative estimate of drug-likeness (QED) is 0.0252. The molecule has 0 spiro atoms. The Bertz CT molecular complexity index is 2330. The standard InChI is InChI=1S/C53H96N7O18P3S/c1-4-5-6-7-8-9-10-11-12-13-14-15-16-17-18-19-20-21-22-23-24-25-26-27-28-29-30-31-41(61)36-44(63)82-35-34-55-43(62)32-33-56-51(66)48(65)53(2,3)38-75-81(72,73)78-80(70,71)74-37-42-47(77-79(67,68)69)46(64)52(76-42)60-40-59-45-49(54)57-39-58-50(45)60/h39-40,42,46-48,52,64-65H,4-38H2,1-3H3,(H,55,62)(H,56,66)(H,70,71)(H,72,73)(H2,54,57,58)(H2,67,68,69)/p-4/t42-,46-,47-,48+,52-/m1/s1. The Balaban J connectivity index is 1.16. The first-order chi connectivity index (χ1) is 38.9. The number of ketones is 1. The van der Waals surface area contributed by atoms with Crippen molar-refractivity contribution in [3.8, 4) is 0 Å². The minimum absolute atomic E-state index is 0.0243. The van der Waals surface area contributed by atoms with Crippen molar-refractivity contribution in [2.24, 2.45) is 5.41 Å². The van der Waals surface area contributed by atoms with Gasteiger partial charge >= 0.3 is 0 Å². The Morgan fingerprint density at radius 2 is 1.23 bits per heavy atom. The van der Waals surface area contributed by atoms with E-state index in [4.69, 9.17) is 10.5 Å². The van der Waals surface area contributed by atoms with Crippen LogP contribution in [0.2, 0.25) is 0 Å². The molecule has 2 aromatic rings. The summed E-state index contributed by atoms with van der Waals surface area (Å²) in [6, 6.07) is 0. The number of carbonyl (C=O) groups excluding carboxylic acids is 4. The predicted octanol–water partition coefficient (Wildman–Crippen LogP) is 7.04. The summed E-state index contributed by atoms with van der Waals surface area (Å²) in [5, 5.41) is 26.1. The number of aliphatic hydroxyl groups is 2. The molecule has 1 aliphatic heterocycles. The van der Waals surface area contributed by atoms with Gasteiger partial charge in [-0.15, -0.1) is 0 Å². The largest absolute Gasteiger partial charge is 0.790 e. The average molecular weight is 1240 g/mol. The van der Waals surface area contributed by atoms with Crippen LogP contribution < -0.4 is 35.9 Å². The molecular weight excluding hydrogens is 1150 g/mol. The van der Waals surface area contributed by atoms with Crippen LogP contribution in [0.25, 0.3) is 11.2 Å². The maximum atomic E-state index is 12.7. The summed E-state index contributed by atoms with van der Waals surface area (Å²) >= 11 is 0.936. The second kappa shape index (κ2) is 39.8. The molecule has 7 atom stereocenters. The summed E-state index contributed by atoms with van der Waals surface area (Å²) in [5.41, 5.74) is 4.07. The van der Waals surface area contributed by atoms with Crippen molar-refractivity contribution in [3.05, 3.63) is 12.7 Å². The van der Waals surface area contributed by atoms with Crippen molar-refractivity contribution < 1.29 is 85.3 Å². The maximum absolute atomic E-state index is 12.7. The fourth-order valence-corrected chi connectivity index (χ4v) is 12.8. The van der Waals surface area contributed by atoms with Crippen LogP contribution in [-0.4, -0.2) is 109 Å². The van der Waals surface area contributed by atoms with Gasteiger partial charge < -0.3 is 69.0 Å². The average Bonchev–Trinajstić information content (AvgIpc) is 4.16. The van der Waals surface area contributed by atoms with E-state index in [2.05, 4.69) is 50.4 Å². The molecule has 29 heteroatoms. The van der Waals surface area contributed by atoms with Crippen LogP contribution in [0.15, 0.2) is 12.7 Å². The van der Waals surface area contributed by atoms with Gasteiger partial charge in [0.15, 0.2) is 22.8 Å². The van der Waals surface area contributed by atoms with E-state index >= 15 is 0 Å². The number of anilines is 1. The van der Waals surface area contributed by atoms with Crippen LogP contribution >= 0.6 is 35.2 Å². The molecular formula is C53H92N7O18P3S-4. The molecule has 2 aromatic heterocycles. The summed E-state index contributed by atoms with van der Waals surface area (Å²) in [6.45, 7) is 2.23. The molecule has 6 N–H and O–H groups in total. The first-order valence-electron chi connectivity index (χ1n) is 29.4. The van der Waals surface area contributed by atoms with Gasteiger partial charge in [-0.1, -0.05) is 199 Å². The topological polar surface area (TPSA) is 392 Å². The molecule has 1 saturated heterocycles. The van der Waals surface area contributed by atoms with Crippen molar-refractivity contribution in [1.29, 1.82) is 0 Å². The minimum Gasteiger partial charge on any atom is -0.790 e. The number of aromatic nitrogens is 4. The van der Waals surface area contributed by atoms with E-state index in [0.29, 0.717) is 6.42 Å². The molecule has 2 amide bonds. The zero-order chi connectivity index (χ0) is 60.4. The summed E-state index contributed by atoms with van der Waals surface area (Å²) in [7, 11) is -17.7. The lowest BCUT2D eigenvalue weighted by Crippen LogP contribution is -2.46. The van der Waals surface area contributed by atoms with E-state index in [1.807, 2.05) is 0 Å². The zero-order valence-electron chi connectivity index (χ0n) is 48.3. The number of nitrogen functional groups attached to an aromatic ring is 1. The van der Waals surface area contributed by atoms with E-state index in [0.717, 1.165) is 54.7 Å². The van der Waals surface area contributed by atoms with Crippen molar-refractivity contribution in [1.82, 2.24) is 30.2 Å². The van der Waals surface area contributed by atoms with Crippen LogP contribution in [0.1, 0.15) is 220 Å². The number of phosphoric ester groups is 3. The van der Waals surface area contributed by atoms with Crippen LogP contribution in [-0.2, 0) is 55.5 Å². The fraction of sp³-hybridized carbons (Fsp3) is 0.830. The van der Waals surface area contributed by atoms with Crippen molar-refractivity contribution >= 4 is 74.9 Å². The van der Waals surface area contributed by atoms with Gasteiger partial charge in [0, 0.05) is 37.1 Å². The zero-order valence-corrected chi connectivity index (χ0v) is 51.8. The third-order valence-corrected chi connectivity index (χ3v) is 18.0. The van der Waals surface area contributed by atoms with Gasteiger partial charge in [-0.05, 0) is 6.42 Å². The second-order valence-electron chi connectivity index (χ2n) is 21.9. The lowest BCUT2D eigenvalue weighted by molar-refractivity contribution is -0.347. The first kappa shape index (κ1) is 73.5. The van der Waals surface area contributed by atoms with Crippen LogP contribution in [0.5, 0.6) is 0 Å². The fourth-order valence-electron chi connectivity index (χ4n) is 9.39. The lowest BCUT2D eigenvalue weighted by Gasteiger charge is -2.36. The Kier molecular flexibility index (Phi) is 35.7. The third-order valence-electron chi connectivity index (χ3n) is 14.1. The number of Topliss-reactive ketones (excluding diaryl/α,β-unsaturated/α-hetero) is 1. The number of unbranched alkanes of at least 4 members (excludes halogenated alkanes) is 26. The Hall–Kier alpha value is -2.77. The number of aliphatic hydroxyl groups excluding tert-OH is 2. The Labute approximate surface area is 488 Å². The van der Waals surface area contributed by atoms with Crippen LogP contribution in [0.4, 0.5) is 5.82 Å². The number of ether oxygens (including phenoxy) is 1. The summed E-state index contributed by atoms with van der Waals surface area (Å²) in [5.74, 6) is -1.49. The van der Waals surface area contributed by atoms with Gasteiger partial charge in [-0.2, -0.15) is 0 Å². The molecule has 3 heterocycles. The maximum Gasteiger partial charge on any atom is 0.274 e. The molecule has 0 aromatic carbocycles. The van der Waals surface area contributed by atoms with E-state index in [9.17, 15) is 62.7 Å². The number of rotatable bonds is 49. The van der Waals surface area contributed by atoms with Gasteiger partial charge in [0.1, 0.15) is 42.0 Å². The highest BCUT2D eigenvalue weighted by Crippen LogP contribution is 2.56. The van der Waals surface area contributed by atoms with E-state index in [1.165, 1.54) is 162 Å². The van der Waals surface area contributed by atoms with Gasteiger partial charge in [-0.3, -0.25) is 32.9 Å². The highest BCUT2D eigenvalue weighted by atomic mass is 32.2. The molecule has 0 radical (unpaired) electrons. The van der Waals surface area contributed by atoms with Crippen LogP contribution in [0, 0.1) is 5.41 Å². The highest BCUT2D eigenvalue weighted by Gasteiger charge is 2.47. The number of hydrogen-bond acceptors (Lipinski definition) is 23. The predicted molar refractivity (Wildman–Crippen MR) is 303 cm³/mol. The molecule has 25 nitrogen and oxygen atoms in total. The monoisotopic (exact) mass is 1240 g/mol. The molecule has 472 valence electrons. The number of phosphoric acid groups is 3. The number of imidazole rings is 1. The number of nitrogens with zero attached hydrogens (tertiary/aromatic N) is 4. The molecule has 0 bridgehead atoms. The first-order valence-corrected chi connectivity index (χ1v) is 34.8. The summed E-state index contributed by atoms with van der Waals surface area (Å²) in [4.78, 5) is 110. The van der Waals surface area contributed by atoms with Crippen LogP contribution in [0.3, 0.4) is 0 Å². The highest BCUT2D eigenvalue weighted by molar-refractivity contribution is 8.13. The van der Waals surface area contributed by atoms with Gasteiger partial charge in [-0.25, -0.2) is 19.3 Å². The number of fused-ring (bicyclic) bond motifs is 1. The smallest absolute Gasteiger partial charge is 0.274 e. The number of nitrogens with one attached hydrogen (secondary N) is 2. The minimum atomic E-state index is -5.94. The van der Waals surface area contributed by atoms with Crippen molar-refractivity contribution in [2.45, 2.75) is 244 Å². The number of nitrogens with two attached hydrogens (primary N) is 1. The van der Waals surface area contributed by atoms with Gasteiger partial charge in [0.2, 0.25) is 11.8 Å². The van der Waals surface area contributed by atoms with Crippen molar-refractivity contribution in [3.63, 3.8) is 0 Å². The molecule has 2 unspecified atom stereocenters. The van der Waals surface area contributed by atoms with Gasteiger partial charge in [0.05, 0.1) is 33.8 Å². The molecule has 0 saturated carbocycles. The number of carbonyl (C=O) groups is 4. The third kappa shape index (κ3) is 31.0. The van der Waals surface area contributed by atoms with E-state index in [-0.39, 0.29) is 59.6 Å². The number of amides is 2. The molecule has 1 fully saturated rings. The molecule has 1 aliphatic rings. The summed E-state index contributed by atoms with van der Waals surface area (Å²) in [6.07, 6.45) is 28.0. The summed E-state index contributed by atoms with van der Waals surface area (Å²) < 4.78 is 61.0. The second-order valence-corrected chi connectivity index (χ2v) is 27.1. The van der Waals surface area contributed by atoms with Crippen molar-refractivity contribution in [2.75, 3.05) is 37.8 Å². The molecule has 3 rings (SSSR count).